The molecule has 0 atom stereocenters. The van der Waals surface area contributed by atoms with Crippen molar-refractivity contribution in [2.45, 2.75) is 45.1 Å². The minimum Gasteiger partial charge on any atom is -0.383 e. The van der Waals surface area contributed by atoms with Crippen LogP contribution in [0.25, 0.3) is 0 Å². The first kappa shape index (κ1) is 15.2. The fraction of sp³-hybridized carbons (Fsp3) is 0.647. The number of nitrogens with one attached hydrogen (secondary N) is 1. The lowest BCUT2D eigenvalue weighted by Crippen LogP contribution is -2.30. The monoisotopic (exact) mass is 276 g/mol. The third-order valence-corrected chi connectivity index (χ3v) is 4.20. The number of ether oxygens (including phenoxy) is 1. The van der Waals surface area contributed by atoms with E-state index in [4.69, 9.17) is 4.74 Å². The molecule has 1 heterocycles. The summed E-state index contributed by atoms with van der Waals surface area (Å²) in [6.45, 7) is 7.56. The first-order valence-electron chi connectivity index (χ1n) is 7.75. The first-order valence-corrected chi connectivity index (χ1v) is 7.75. The van der Waals surface area contributed by atoms with Gasteiger partial charge in [0.15, 0.2) is 0 Å². The van der Waals surface area contributed by atoms with Gasteiger partial charge in [0.1, 0.15) is 0 Å². The number of rotatable bonds is 6. The molecular weight excluding hydrogens is 248 g/mol. The lowest BCUT2D eigenvalue weighted by Gasteiger charge is -2.31. The predicted octanol–water partition coefficient (Wildman–Crippen LogP) is 3.90. The van der Waals surface area contributed by atoms with Crippen LogP contribution in [0.15, 0.2) is 24.3 Å². The Kier molecular flexibility index (Phi) is 5.30. The SMILES string of the molecule is COC(C)(C)CCNc1ccccc1N1CCCCC1. The summed E-state index contributed by atoms with van der Waals surface area (Å²) in [5.41, 5.74) is 2.54. The number of para-hydroxylation sites is 2. The van der Waals surface area contributed by atoms with Gasteiger partial charge < -0.3 is 15.0 Å². The second kappa shape index (κ2) is 6.98. The Morgan fingerprint density at radius 1 is 1.15 bits per heavy atom. The van der Waals surface area contributed by atoms with Crippen LogP contribution in [-0.4, -0.2) is 32.3 Å². The smallest absolute Gasteiger partial charge is 0.0639 e. The van der Waals surface area contributed by atoms with Gasteiger partial charge in [-0.3, -0.25) is 0 Å². The van der Waals surface area contributed by atoms with Crippen molar-refractivity contribution < 1.29 is 4.74 Å². The molecule has 1 aliphatic rings. The Balaban J connectivity index is 1.97. The van der Waals surface area contributed by atoms with E-state index in [-0.39, 0.29) is 5.60 Å². The maximum atomic E-state index is 5.47. The van der Waals surface area contributed by atoms with Crippen LogP contribution in [0.3, 0.4) is 0 Å². The largest absolute Gasteiger partial charge is 0.383 e. The van der Waals surface area contributed by atoms with Gasteiger partial charge in [0.05, 0.1) is 17.0 Å². The van der Waals surface area contributed by atoms with Gasteiger partial charge in [0, 0.05) is 26.7 Å². The van der Waals surface area contributed by atoms with Crippen molar-refractivity contribution in [1.82, 2.24) is 0 Å². The zero-order chi connectivity index (χ0) is 14.4. The maximum Gasteiger partial charge on any atom is 0.0639 e. The fourth-order valence-corrected chi connectivity index (χ4v) is 2.63. The highest BCUT2D eigenvalue weighted by Gasteiger charge is 2.17. The summed E-state index contributed by atoms with van der Waals surface area (Å²) >= 11 is 0. The Hall–Kier alpha value is -1.22. The average Bonchev–Trinajstić information content (AvgIpc) is 2.48. The minimum absolute atomic E-state index is 0.0624. The molecule has 3 nitrogen and oxygen atoms in total. The second-order valence-electron chi connectivity index (χ2n) is 6.21. The Morgan fingerprint density at radius 2 is 1.85 bits per heavy atom. The number of benzene rings is 1. The van der Waals surface area contributed by atoms with Crippen molar-refractivity contribution >= 4 is 11.4 Å². The molecule has 1 N–H and O–H groups in total. The van der Waals surface area contributed by atoms with Crippen LogP contribution in [0.1, 0.15) is 39.5 Å². The van der Waals surface area contributed by atoms with Crippen LogP contribution in [0.4, 0.5) is 11.4 Å². The highest BCUT2D eigenvalue weighted by Crippen LogP contribution is 2.28. The van der Waals surface area contributed by atoms with E-state index in [9.17, 15) is 0 Å². The van der Waals surface area contributed by atoms with Crippen LogP contribution in [0.5, 0.6) is 0 Å². The van der Waals surface area contributed by atoms with E-state index in [2.05, 4.69) is 48.3 Å². The van der Waals surface area contributed by atoms with Crippen LogP contribution in [0, 0.1) is 0 Å². The van der Waals surface area contributed by atoms with Crippen molar-refractivity contribution in [3.63, 3.8) is 0 Å². The van der Waals surface area contributed by atoms with E-state index in [1.165, 1.54) is 43.7 Å². The highest BCUT2D eigenvalue weighted by atomic mass is 16.5. The molecule has 20 heavy (non-hydrogen) atoms. The standard InChI is InChI=1S/C17H28N2O/c1-17(2,20-3)11-12-18-15-9-5-6-10-16(15)19-13-7-4-8-14-19/h5-6,9-10,18H,4,7-8,11-14H2,1-3H3. The molecule has 3 heteroatoms. The average molecular weight is 276 g/mol. The van der Waals surface area contributed by atoms with Gasteiger partial charge in [0.25, 0.3) is 0 Å². The van der Waals surface area contributed by atoms with Crippen LogP contribution < -0.4 is 10.2 Å². The normalized spacial score (nSPS) is 16.2. The van der Waals surface area contributed by atoms with Crippen molar-refractivity contribution in [2.24, 2.45) is 0 Å². The number of hydrogen-bond donors (Lipinski definition) is 1. The number of methoxy groups -OCH3 is 1. The molecule has 112 valence electrons. The van der Waals surface area contributed by atoms with Gasteiger partial charge in [-0.2, -0.15) is 0 Å². The van der Waals surface area contributed by atoms with E-state index < -0.39 is 0 Å². The van der Waals surface area contributed by atoms with Crippen LogP contribution in [0.2, 0.25) is 0 Å². The highest BCUT2D eigenvalue weighted by molar-refractivity contribution is 5.70. The molecule has 0 saturated carbocycles. The summed E-state index contributed by atoms with van der Waals surface area (Å²) in [7, 11) is 1.78. The van der Waals surface area contributed by atoms with Gasteiger partial charge in [0.2, 0.25) is 0 Å². The molecule has 1 saturated heterocycles. The summed E-state index contributed by atoms with van der Waals surface area (Å²) in [6, 6.07) is 8.66. The van der Waals surface area contributed by atoms with Gasteiger partial charge in [-0.05, 0) is 51.7 Å². The number of nitrogens with zero attached hydrogens (tertiary/aromatic N) is 1. The maximum absolute atomic E-state index is 5.47. The molecule has 0 spiro atoms. The lowest BCUT2D eigenvalue weighted by atomic mass is 10.1. The minimum atomic E-state index is -0.0624. The second-order valence-corrected chi connectivity index (χ2v) is 6.21. The van der Waals surface area contributed by atoms with E-state index in [1.54, 1.807) is 7.11 Å². The molecular formula is C17H28N2O. The summed E-state index contributed by atoms with van der Waals surface area (Å²) in [4.78, 5) is 2.51. The first-order chi connectivity index (χ1) is 9.62. The van der Waals surface area contributed by atoms with E-state index >= 15 is 0 Å². The van der Waals surface area contributed by atoms with Gasteiger partial charge in [-0.25, -0.2) is 0 Å². The van der Waals surface area contributed by atoms with Crippen LogP contribution >= 0.6 is 0 Å². The molecule has 0 unspecified atom stereocenters. The number of hydrogen-bond acceptors (Lipinski definition) is 3. The lowest BCUT2D eigenvalue weighted by molar-refractivity contribution is 0.0185. The third-order valence-electron chi connectivity index (χ3n) is 4.20. The van der Waals surface area contributed by atoms with Crippen molar-refractivity contribution in [3.05, 3.63) is 24.3 Å². The van der Waals surface area contributed by atoms with E-state index in [0.717, 1.165) is 13.0 Å². The summed E-state index contributed by atoms with van der Waals surface area (Å²) in [5, 5.41) is 3.58. The van der Waals surface area contributed by atoms with E-state index in [1.807, 2.05) is 0 Å². The fourth-order valence-electron chi connectivity index (χ4n) is 2.63. The van der Waals surface area contributed by atoms with Crippen molar-refractivity contribution in [3.8, 4) is 0 Å². The summed E-state index contributed by atoms with van der Waals surface area (Å²) < 4.78 is 5.47. The number of piperidine rings is 1. The molecule has 0 aliphatic carbocycles. The molecule has 0 bridgehead atoms. The molecule has 2 rings (SSSR count). The zero-order valence-corrected chi connectivity index (χ0v) is 13.1. The van der Waals surface area contributed by atoms with Crippen LogP contribution in [-0.2, 0) is 4.74 Å². The molecule has 0 radical (unpaired) electrons. The summed E-state index contributed by atoms with van der Waals surface area (Å²) in [6.07, 6.45) is 4.99. The quantitative estimate of drug-likeness (QED) is 0.852. The topological polar surface area (TPSA) is 24.5 Å². The Bertz CT molecular complexity index is 411. The molecule has 1 aliphatic heterocycles. The summed E-state index contributed by atoms with van der Waals surface area (Å²) in [5.74, 6) is 0. The predicted molar refractivity (Wildman–Crippen MR) is 86.7 cm³/mol. The Labute approximate surface area is 123 Å². The molecule has 1 aromatic rings. The zero-order valence-electron chi connectivity index (χ0n) is 13.1. The number of anilines is 2. The van der Waals surface area contributed by atoms with Crippen molar-refractivity contribution in [2.75, 3.05) is 37.0 Å². The third kappa shape index (κ3) is 4.14. The van der Waals surface area contributed by atoms with Gasteiger partial charge in [-0.15, -0.1) is 0 Å². The van der Waals surface area contributed by atoms with Crippen molar-refractivity contribution in [1.29, 1.82) is 0 Å². The molecule has 1 aromatic carbocycles. The molecule has 0 aromatic heterocycles. The molecule has 1 fully saturated rings. The Morgan fingerprint density at radius 3 is 2.55 bits per heavy atom. The van der Waals surface area contributed by atoms with Gasteiger partial charge in [-0.1, -0.05) is 12.1 Å². The van der Waals surface area contributed by atoms with E-state index in [0.29, 0.717) is 0 Å². The van der Waals surface area contributed by atoms with Gasteiger partial charge >= 0.3 is 0 Å². The molecule has 0 amide bonds.